The smallest absolute Gasteiger partial charge is 0.148 e. The van der Waals surface area contributed by atoms with Crippen molar-refractivity contribution in [1.29, 1.82) is 0 Å². The number of rotatable bonds is 1. The SMILES string of the molecule is [N-]=[N+]=NB1CC1. The molecule has 0 aromatic rings. The lowest BCUT2D eigenvalue weighted by Crippen LogP contribution is -1.70. The van der Waals surface area contributed by atoms with E-state index in [-0.39, 0.29) is 0 Å². The van der Waals surface area contributed by atoms with Gasteiger partial charge in [0.05, 0.1) is 0 Å². The van der Waals surface area contributed by atoms with Crippen LogP contribution in [0.1, 0.15) is 0 Å². The highest BCUT2D eigenvalue weighted by Gasteiger charge is 2.24. The van der Waals surface area contributed by atoms with Gasteiger partial charge in [0.15, 0.2) is 0 Å². The first-order valence-corrected chi connectivity index (χ1v) is 1.97. The van der Waals surface area contributed by atoms with Crippen molar-refractivity contribution in [1.82, 2.24) is 0 Å². The number of nitrogens with zero attached hydrogens (tertiary/aromatic N) is 3. The first-order chi connectivity index (χ1) is 2.93. The predicted octanol–water partition coefficient (Wildman–Crippen LogP) is 1.30. The number of hydrogen-bond acceptors (Lipinski definition) is 1. The molecular formula is C2H4BN3. The highest BCUT2D eigenvalue weighted by atomic mass is 15.1. The fourth-order valence-corrected chi connectivity index (χ4v) is 0.263. The van der Waals surface area contributed by atoms with Crippen molar-refractivity contribution in [3.05, 3.63) is 10.4 Å². The van der Waals surface area contributed by atoms with E-state index in [1.165, 1.54) is 0 Å². The Morgan fingerprint density at radius 3 is 2.50 bits per heavy atom. The van der Waals surface area contributed by atoms with Gasteiger partial charge in [0.2, 0.25) is 6.85 Å². The van der Waals surface area contributed by atoms with Crippen molar-refractivity contribution >= 4 is 6.85 Å². The molecule has 0 unspecified atom stereocenters. The van der Waals surface area contributed by atoms with E-state index in [2.05, 4.69) is 9.94 Å². The Labute approximate surface area is 36.1 Å². The van der Waals surface area contributed by atoms with Gasteiger partial charge >= 0.3 is 0 Å². The second kappa shape index (κ2) is 1.23. The van der Waals surface area contributed by atoms with E-state index in [1.807, 2.05) is 0 Å². The van der Waals surface area contributed by atoms with Crippen LogP contribution in [0.15, 0.2) is 5.03 Å². The van der Waals surface area contributed by atoms with E-state index in [1.54, 1.807) is 0 Å². The molecule has 1 aliphatic rings. The quantitative estimate of drug-likeness (QED) is 0.197. The van der Waals surface area contributed by atoms with Crippen molar-refractivity contribution in [2.24, 2.45) is 5.03 Å². The van der Waals surface area contributed by atoms with Gasteiger partial charge in [-0.3, -0.25) is 0 Å². The number of azide groups is 1. The highest BCUT2D eigenvalue weighted by Crippen LogP contribution is 2.21. The third kappa shape index (κ3) is 0.659. The lowest BCUT2D eigenvalue weighted by atomic mass is 9.91. The van der Waals surface area contributed by atoms with E-state index in [9.17, 15) is 0 Å². The minimum absolute atomic E-state index is 0.356. The first kappa shape index (κ1) is 3.56. The summed E-state index contributed by atoms with van der Waals surface area (Å²) in [5.74, 6) is 0. The molecule has 0 N–H and O–H groups in total. The maximum Gasteiger partial charge on any atom is 0.241 e. The van der Waals surface area contributed by atoms with E-state index in [0.717, 1.165) is 12.6 Å². The van der Waals surface area contributed by atoms with Crippen LogP contribution >= 0.6 is 0 Å². The normalized spacial score (nSPS) is 16.3. The zero-order valence-electron chi connectivity index (χ0n) is 3.33. The molecule has 0 saturated carbocycles. The fourth-order valence-electron chi connectivity index (χ4n) is 0.263. The molecule has 1 rings (SSSR count). The molecule has 6 heavy (non-hydrogen) atoms. The van der Waals surface area contributed by atoms with Crippen LogP contribution in [0.5, 0.6) is 0 Å². The van der Waals surface area contributed by atoms with Crippen LogP contribution in [0.4, 0.5) is 0 Å². The molecule has 4 heteroatoms. The summed E-state index contributed by atoms with van der Waals surface area (Å²) in [7, 11) is 0. The van der Waals surface area contributed by atoms with Crippen LogP contribution in [0, 0.1) is 0 Å². The summed E-state index contributed by atoms with van der Waals surface area (Å²) in [6.07, 6.45) is 2.20. The predicted molar refractivity (Wildman–Crippen MR) is 24.5 cm³/mol. The van der Waals surface area contributed by atoms with Gasteiger partial charge in [-0.1, -0.05) is 12.6 Å². The Kier molecular flexibility index (Phi) is 0.728. The Balaban J connectivity index is 2.33. The number of hydrogen-bond donors (Lipinski definition) is 0. The van der Waals surface area contributed by atoms with Gasteiger partial charge < -0.3 is 0 Å². The molecule has 1 fully saturated rings. The van der Waals surface area contributed by atoms with Gasteiger partial charge in [0.1, 0.15) is 0 Å². The first-order valence-electron chi connectivity index (χ1n) is 1.97. The molecule has 0 radical (unpaired) electrons. The molecule has 1 heterocycles. The molecular weight excluding hydrogens is 76.9 g/mol. The average Bonchev–Trinajstić information content (AvgIpc) is 2.21. The minimum atomic E-state index is 0.356. The van der Waals surface area contributed by atoms with Crippen molar-refractivity contribution in [3.63, 3.8) is 0 Å². The lowest BCUT2D eigenvalue weighted by molar-refractivity contribution is 1.69. The minimum Gasteiger partial charge on any atom is -0.148 e. The summed E-state index contributed by atoms with van der Waals surface area (Å²) < 4.78 is 0. The summed E-state index contributed by atoms with van der Waals surface area (Å²) in [6, 6.07) is 0. The molecule has 1 saturated heterocycles. The molecule has 0 aromatic carbocycles. The Morgan fingerprint density at radius 2 is 2.33 bits per heavy atom. The molecule has 1 aliphatic heterocycles. The summed E-state index contributed by atoms with van der Waals surface area (Å²) in [4.78, 5) is 2.62. The van der Waals surface area contributed by atoms with Crippen molar-refractivity contribution in [2.45, 2.75) is 12.6 Å². The molecule has 0 amide bonds. The molecule has 0 atom stereocenters. The molecule has 0 bridgehead atoms. The summed E-state index contributed by atoms with van der Waals surface area (Å²) in [5.41, 5.74) is 7.74. The van der Waals surface area contributed by atoms with E-state index >= 15 is 0 Å². The Morgan fingerprint density at radius 1 is 1.67 bits per heavy atom. The molecule has 30 valence electrons. The van der Waals surface area contributed by atoms with Gasteiger partial charge in [-0.15, -0.1) is 5.03 Å². The Hall–Kier alpha value is -0.625. The van der Waals surface area contributed by atoms with E-state index in [4.69, 9.17) is 5.53 Å². The molecule has 3 nitrogen and oxygen atoms in total. The second-order valence-corrected chi connectivity index (χ2v) is 1.44. The topological polar surface area (TPSA) is 48.8 Å². The van der Waals surface area contributed by atoms with Crippen LogP contribution in [0.2, 0.25) is 12.6 Å². The van der Waals surface area contributed by atoms with Crippen molar-refractivity contribution < 1.29 is 0 Å². The maximum atomic E-state index is 7.74. The van der Waals surface area contributed by atoms with E-state index in [0.29, 0.717) is 6.85 Å². The zero-order valence-corrected chi connectivity index (χ0v) is 3.33. The van der Waals surface area contributed by atoms with Crippen LogP contribution in [0.25, 0.3) is 10.4 Å². The average molecular weight is 80.9 g/mol. The summed E-state index contributed by atoms with van der Waals surface area (Å²) >= 11 is 0. The van der Waals surface area contributed by atoms with Crippen molar-refractivity contribution in [3.8, 4) is 0 Å². The maximum absolute atomic E-state index is 7.74. The monoisotopic (exact) mass is 81.0 g/mol. The van der Waals surface area contributed by atoms with Gasteiger partial charge in [0, 0.05) is 0 Å². The lowest BCUT2D eigenvalue weighted by Gasteiger charge is -1.56. The van der Waals surface area contributed by atoms with Gasteiger partial charge in [-0.25, -0.2) is 0 Å². The molecule has 0 spiro atoms. The third-order valence-electron chi connectivity index (χ3n) is 0.762. The Bertz CT molecular complexity index is 91.0. The molecule has 0 aliphatic carbocycles. The van der Waals surface area contributed by atoms with Gasteiger partial charge in [-0.2, -0.15) is 0 Å². The zero-order chi connectivity index (χ0) is 4.41. The largest absolute Gasteiger partial charge is 0.241 e. The van der Waals surface area contributed by atoms with Crippen LogP contribution in [-0.4, -0.2) is 6.85 Å². The van der Waals surface area contributed by atoms with Crippen LogP contribution < -0.4 is 0 Å². The summed E-state index contributed by atoms with van der Waals surface area (Å²) in [5, 5.41) is 3.42. The van der Waals surface area contributed by atoms with Gasteiger partial charge in [-0.05, 0) is 10.4 Å². The van der Waals surface area contributed by atoms with Gasteiger partial charge in [0.25, 0.3) is 0 Å². The molecule has 0 aromatic heterocycles. The third-order valence-corrected chi connectivity index (χ3v) is 0.762. The van der Waals surface area contributed by atoms with E-state index < -0.39 is 0 Å². The fraction of sp³-hybridized carbons (Fsp3) is 1.00. The summed E-state index contributed by atoms with van der Waals surface area (Å²) in [6.45, 7) is 0.356. The van der Waals surface area contributed by atoms with Crippen LogP contribution in [-0.2, 0) is 0 Å². The highest BCUT2D eigenvalue weighted by molar-refractivity contribution is 6.67. The van der Waals surface area contributed by atoms with Crippen molar-refractivity contribution in [2.75, 3.05) is 0 Å². The van der Waals surface area contributed by atoms with Crippen LogP contribution in [0.3, 0.4) is 0 Å². The second-order valence-electron chi connectivity index (χ2n) is 1.44. The standard InChI is InChI=1S/C2H4BN3/c4-6-5-3-1-2-3/h1-2H2.